The van der Waals surface area contributed by atoms with Crippen LogP contribution in [-0.4, -0.2) is 36.1 Å². The topological polar surface area (TPSA) is 118 Å². The molecular formula is C11H6F3N7O2S. The first kappa shape index (κ1) is 15.8. The molecule has 3 aromatic heterocycles. The molecule has 3 aromatic rings. The SMILES string of the molecule is O=C(Nc1nncs1)c1cnn(-c2ccc(=O)[nH]n2)c1C(F)(F)F. The van der Waals surface area contributed by atoms with Crippen molar-refractivity contribution in [2.45, 2.75) is 6.18 Å². The van der Waals surface area contributed by atoms with Gasteiger partial charge in [-0.05, 0) is 6.07 Å². The normalized spacial score (nSPS) is 11.5. The summed E-state index contributed by atoms with van der Waals surface area (Å²) < 4.78 is 40.6. The molecule has 124 valence electrons. The number of amides is 1. The lowest BCUT2D eigenvalue weighted by atomic mass is 10.2. The predicted molar refractivity (Wildman–Crippen MR) is 74.8 cm³/mol. The molecule has 0 aliphatic heterocycles. The van der Waals surface area contributed by atoms with E-state index in [-0.39, 0.29) is 10.9 Å². The summed E-state index contributed by atoms with van der Waals surface area (Å²) in [5.41, 5.74) is -1.32. The minimum Gasteiger partial charge on any atom is -0.296 e. The van der Waals surface area contributed by atoms with E-state index in [1.807, 2.05) is 5.10 Å². The third kappa shape index (κ3) is 3.01. The maximum Gasteiger partial charge on any atom is 0.434 e. The Morgan fingerprint density at radius 2 is 2.12 bits per heavy atom. The minimum atomic E-state index is -4.89. The van der Waals surface area contributed by atoms with Crippen LogP contribution in [0.3, 0.4) is 0 Å². The third-order valence-corrected chi connectivity index (χ3v) is 3.35. The van der Waals surface area contributed by atoms with Crippen molar-refractivity contribution in [2.24, 2.45) is 0 Å². The molecular weight excluding hydrogens is 351 g/mol. The number of hydrogen-bond donors (Lipinski definition) is 2. The van der Waals surface area contributed by atoms with Gasteiger partial charge in [0, 0.05) is 6.07 Å². The Bertz CT molecular complexity index is 911. The summed E-state index contributed by atoms with van der Waals surface area (Å²) in [5.74, 6) is -1.34. The first-order valence-electron chi connectivity index (χ1n) is 6.15. The Balaban J connectivity index is 2.06. The highest BCUT2D eigenvalue weighted by molar-refractivity contribution is 7.13. The molecule has 0 saturated heterocycles. The van der Waals surface area contributed by atoms with E-state index in [1.165, 1.54) is 5.51 Å². The van der Waals surface area contributed by atoms with Crippen molar-refractivity contribution in [1.29, 1.82) is 0 Å². The maximum atomic E-state index is 13.4. The van der Waals surface area contributed by atoms with Gasteiger partial charge in [0.15, 0.2) is 11.5 Å². The molecule has 0 unspecified atom stereocenters. The fourth-order valence-electron chi connectivity index (χ4n) is 1.81. The summed E-state index contributed by atoms with van der Waals surface area (Å²) in [7, 11) is 0. The van der Waals surface area contributed by atoms with Crippen molar-refractivity contribution >= 4 is 22.4 Å². The van der Waals surface area contributed by atoms with Crippen LogP contribution in [0.25, 0.3) is 5.82 Å². The molecule has 0 fully saturated rings. The van der Waals surface area contributed by atoms with Crippen LogP contribution in [0.4, 0.5) is 18.3 Å². The molecule has 24 heavy (non-hydrogen) atoms. The number of halogens is 3. The second-order valence-corrected chi connectivity index (χ2v) is 5.13. The molecule has 1 amide bonds. The number of nitrogens with zero attached hydrogens (tertiary/aromatic N) is 5. The van der Waals surface area contributed by atoms with E-state index in [0.29, 0.717) is 4.68 Å². The number of aromatic nitrogens is 6. The monoisotopic (exact) mass is 357 g/mol. The van der Waals surface area contributed by atoms with Crippen LogP contribution in [0.5, 0.6) is 0 Å². The maximum absolute atomic E-state index is 13.4. The Labute approximate surface area is 134 Å². The zero-order valence-corrected chi connectivity index (χ0v) is 12.2. The van der Waals surface area contributed by atoms with Crippen molar-refractivity contribution in [3.8, 4) is 5.82 Å². The molecule has 0 saturated carbocycles. The number of H-pyrrole nitrogens is 1. The van der Waals surface area contributed by atoms with Crippen molar-refractivity contribution in [1.82, 2.24) is 30.2 Å². The lowest BCUT2D eigenvalue weighted by Crippen LogP contribution is -2.21. The van der Waals surface area contributed by atoms with Gasteiger partial charge in [-0.2, -0.15) is 23.4 Å². The smallest absolute Gasteiger partial charge is 0.296 e. The van der Waals surface area contributed by atoms with Crippen molar-refractivity contribution < 1.29 is 18.0 Å². The molecule has 13 heteroatoms. The van der Waals surface area contributed by atoms with Gasteiger partial charge in [0.05, 0.1) is 11.8 Å². The number of hydrogen-bond acceptors (Lipinski definition) is 7. The van der Waals surface area contributed by atoms with Crippen LogP contribution in [0.15, 0.2) is 28.6 Å². The van der Waals surface area contributed by atoms with E-state index >= 15 is 0 Å². The fourth-order valence-corrected chi connectivity index (χ4v) is 2.25. The number of aromatic amines is 1. The molecule has 0 aliphatic carbocycles. The first-order chi connectivity index (χ1) is 11.4. The van der Waals surface area contributed by atoms with E-state index in [1.54, 1.807) is 0 Å². The lowest BCUT2D eigenvalue weighted by Gasteiger charge is -2.11. The molecule has 2 N–H and O–H groups in total. The van der Waals surface area contributed by atoms with Crippen LogP contribution in [0.1, 0.15) is 16.1 Å². The Hall–Kier alpha value is -3.09. The van der Waals surface area contributed by atoms with E-state index in [2.05, 4.69) is 25.7 Å². The molecule has 0 bridgehead atoms. The number of carbonyl (C=O) groups excluding carboxylic acids is 1. The van der Waals surface area contributed by atoms with E-state index in [9.17, 15) is 22.8 Å². The highest BCUT2D eigenvalue weighted by Crippen LogP contribution is 2.33. The predicted octanol–water partition coefficient (Wildman–Crippen LogP) is 1.08. The van der Waals surface area contributed by atoms with E-state index in [0.717, 1.165) is 29.7 Å². The standard InChI is InChI=1S/C11H6F3N7O2S/c12-11(13,14)8-5(9(23)17-10-20-15-4-24-10)3-16-21(8)6-1-2-7(22)19-18-6/h1-4H,(H,19,22)(H,17,20,23). The molecule has 0 radical (unpaired) electrons. The molecule has 9 nitrogen and oxygen atoms in total. The van der Waals surface area contributed by atoms with Gasteiger partial charge in [-0.3, -0.25) is 14.9 Å². The average molecular weight is 357 g/mol. The second-order valence-electron chi connectivity index (χ2n) is 4.29. The summed E-state index contributed by atoms with van der Waals surface area (Å²) in [6.07, 6.45) is -4.13. The number of rotatable bonds is 3. The Morgan fingerprint density at radius 3 is 2.71 bits per heavy atom. The van der Waals surface area contributed by atoms with Crippen LogP contribution >= 0.6 is 11.3 Å². The van der Waals surface area contributed by atoms with Gasteiger partial charge < -0.3 is 0 Å². The molecule has 3 rings (SSSR count). The summed E-state index contributed by atoms with van der Waals surface area (Å²) in [4.78, 5) is 23.1. The Morgan fingerprint density at radius 1 is 1.33 bits per heavy atom. The first-order valence-corrected chi connectivity index (χ1v) is 7.03. The number of carbonyl (C=O) groups is 1. The van der Waals surface area contributed by atoms with Gasteiger partial charge in [-0.25, -0.2) is 9.78 Å². The zero-order chi connectivity index (χ0) is 17.3. The number of alkyl halides is 3. The van der Waals surface area contributed by atoms with Gasteiger partial charge in [-0.15, -0.1) is 10.2 Å². The fraction of sp³-hybridized carbons (Fsp3) is 0.0909. The summed E-state index contributed by atoms with van der Waals surface area (Å²) in [6, 6.07) is 2.04. The molecule has 0 spiro atoms. The second kappa shape index (κ2) is 5.84. The van der Waals surface area contributed by atoms with Crippen molar-refractivity contribution in [2.75, 3.05) is 5.32 Å². The highest BCUT2D eigenvalue weighted by atomic mass is 32.1. The summed E-state index contributed by atoms with van der Waals surface area (Å²) >= 11 is 0.949. The average Bonchev–Trinajstić information content (AvgIpc) is 3.16. The van der Waals surface area contributed by atoms with Crippen LogP contribution in [0.2, 0.25) is 0 Å². The van der Waals surface area contributed by atoms with Gasteiger partial charge in [0.2, 0.25) is 5.13 Å². The van der Waals surface area contributed by atoms with Crippen molar-refractivity contribution in [3.05, 3.63) is 45.5 Å². The van der Waals surface area contributed by atoms with E-state index < -0.39 is 28.9 Å². The largest absolute Gasteiger partial charge is 0.434 e. The zero-order valence-electron chi connectivity index (χ0n) is 11.4. The van der Waals surface area contributed by atoms with Gasteiger partial charge in [0.1, 0.15) is 5.51 Å². The minimum absolute atomic E-state index is 0.0445. The Kier molecular flexibility index (Phi) is 3.84. The molecule has 0 aliphatic rings. The summed E-state index contributed by atoms with van der Waals surface area (Å²) in [6.45, 7) is 0. The van der Waals surface area contributed by atoms with Crippen molar-refractivity contribution in [3.63, 3.8) is 0 Å². The molecule has 0 aromatic carbocycles. The summed E-state index contributed by atoms with van der Waals surface area (Å²) in [5, 5.41) is 18.3. The quantitative estimate of drug-likeness (QED) is 0.724. The van der Waals surface area contributed by atoms with Gasteiger partial charge in [0.25, 0.3) is 11.5 Å². The highest BCUT2D eigenvalue weighted by Gasteiger charge is 2.41. The number of anilines is 1. The molecule has 0 atom stereocenters. The van der Waals surface area contributed by atoms with Crippen LogP contribution < -0.4 is 10.9 Å². The van der Waals surface area contributed by atoms with Gasteiger partial charge in [-0.1, -0.05) is 11.3 Å². The van der Waals surface area contributed by atoms with Crippen LogP contribution in [0, 0.1) is 0 Å². The van der Waals surface area contributed by atoms with E-state index in [4.69, 9.17) is 0 Å². The third-order valence-electron chi connectivity index (χ3n) is 2.74. The van der Waals surface area contributed by atoms with Crippen LogP contribution in [-0.2, 0) is 6.18 Å². The number of nitrogens with one attached hydrogen (secondary N) is 2. The lowest BCUT2D eigenvalue weighted by molar-refractivity contribution is -0.143. The van der Waals surface area contributed by atoms with Gasteiger partial charge >= 0.3 is 6.18 Å². The molecule has 3 heterocycles.